The highest BCUT2D eigenvalue weighted by atomic mass is 127. The quantitative estimate of drug-likeness (QED) is 0.757. The third-order valence-electron chi connectivity index (χ3n) is 2.82. The van der Waals surface area contributed by atoms with Gasteiger partial charge in [-0.05, 0) is 47.2 Å². The summed E-state index contributed by atoms with van der Waals surface area (Å²) in [4.78, 5) is 27.9. The third kappa shape index (κ3) is 3.50. The summed E-state index contributed by atoms with van der Waals surface area (Å²) < 4.78 is 14.6. The van der Waals surface area contributed by atoms with Crippen molar-refractivity contribution >= 4 is 28.4 Å². The first kappa shape index (κ1) is 14.8. The van der Waals surface area contributed by atoms with Crippen LogP contribution in [0.25, 0.3) is 0 Å². The van der Waals surface area contributed by atoms with Crippen molar-refractivity contribution in [3.05, 3.63) is 61.6 Å². The molecule has 0 bridgehead atoms. The molecule has 0 saturated heterocycles. The molecule has 0 radical (unpaired) electrons. The molecule has 0 aliphatic carbocycles. The number of Topliss-reactive ketones (excluding diaryl/α,β-unsaturated/α-hetero) is 1. The second-order valence-corrected chi connectivity index (χ2v) is 5.50. The lowest BCUT2D eigenvalue weighted by Gasteiger charge is -2.06. The van der Waals surface area contributed by atoms with Crippen LogP contribution in [0.15, 0.2) is 35.4 Å². The predicted octanol–water partition coefficient (Wildman–Crippen LogP) is 2.11. The van der Waals surface area contributed by atoms with Crippen molar-refractivity contribution in [1.82, 2.24) is 9.55 Å². The molecule has 0 amide bonds. The molecule has 0 N–H and O–H groups in total. The van der Waals surface area contributed by atoms with Crippen molar-refractivity contribution in [2.75, 3.05) is 0 Å². The van der Waals surface area contributed by atoms with Crippen LogP contribution in [0.4, 0.5) is 4.39 Å². The van der Waals surface area contributed by atoms with Crippen LogP contribution in [0, 0.1) is 16.3 Å². The zero-order valence-electron chi connectivity index (χ0n) is 10.8. The van der Waals surface area contributed by atoms with E-state index in [9.17, 15) is 14.0 Å². The summed E-state index contributed by atoms with van der Waals surface area (Å²) in [6.07, 6.45) is 1.54. The van der Waals surface area contributed by atoms with Crippen LogP contribution in [0.1, 0.15) is 11.3 Å². The number of aryl methyl sites for hydroxylation is 1. The fourth-order valence-electron chi connectivity index (χ4n) is 1.73. The molecule has 2 rings (SSSR count). The maximum absolute atomic E-state index is 12.8. The van der Waals surface area contributed by atoms with Gasteiger partial charge in [-0.1, -0.05) is 12.1 Å². The Kier molecular flexibility index (Phi) is 4.64. The molecule has 0 aliphatic heterocycles. The number of ketones is 1. The van der Waals surface area contributed by atoms with Gasteiger partial charge in [0.2, 0.25) is 0 Å². The molecule has 0 unspecified atom stereocenters. The van der Waals surface area contributed by atoms with E-state index in [0.717, 1.165) is 5.56 Å². The van der Waals surface area contributed by atoms with Crippen molar-refractivity contribution in [2.24, 2.45) is 0 Å². The second kappa shape index (κ2) is 6.25. The number of aromatic nitrogens is 2. The van der Waals surface area contributed by atoms with Crippen LogP contribution in [0.3, 0.4) is 0 Å². The van der Waals surface area contributed by atoms with Gasteiger partial charge in [0.25, 0.3) is 5.56 Å². The van der Waals surface area contributed by atoms with Gasteiger partial charge in [-0.25, -0.2) is 9.37 Å². The van der Waals surface area contributed by atoms with Gasteiger partial charge in [0.05, 0.1) is 22.1 Å². The predicted molar refractivity (Wildman–Crippen MR) is 81.1 cm³/mol. The number of carbonyl (C=O) groups excluding carboxylic acids is 1. The van der Waals surface area contributed by atoms with E-state index >= 15 is 0 Å². The highest BCUT2D eigenvalue weighted by molar-refractivity contribution is 14.1. The average Bonchev–Trinajstić information content (AvgIpc) is 2.42. The average molecular weight is 386 g/mol. The van der Waals surface area contributed by atoms with Crippen molar-refractivity contribution < 1.29 is 9.18 Å². The highest BCUT2D eigenvalue weighted by Gasteiger charge is 2.10. The van der Waals surface area contributed by atoms with E-state index in [1.54, 1.807) is 19.1 Å². The first-order chi connectivity index (χ1) is 9.47. The molecular formula is C14H12FIN2O2. The maximum Gasteiger partial charge on any atom is 0.267 e. The topological polar surface area (TPSA) is 52.0 Å². The first-order valence-electron chi connectivity index (χ1n) is 5.95. The van der Waals surface area contributed by atoms with E-state index in [2.05, 4.69) is 4.98 Å². The summed E-state index contributed by atoms with van der Waals surface area (Å²) in [5, 5.41) is 0. The molecule has 20 heavy (non-hydrogen) atoms. The molecule has 0 atom stereocenters. The smallest absolute Gasteiger partial charge is 0.267 e. The van der Waals surface area contributed by atoms with Crippen molar-refractivity contribution in [1.29, 1.82) is 0 Å². The summed E-state index contributed by atoms with van der Waals surface area (Å²) in [6.45, 7) is 1.72. The Bertz CT molecular complexity index is 695. The zero-order valence-corrected chi connectivity index (χ0v) is 12.9. The maximum atomic E-state index is 12.8. The number of benzene rings is 1. The van der Waals surface area contributed by atoms with Crippen LogP contribution < -0.4 is 5.56 Å². The van der Waals surface area contributed by atoms with Crippen molar-refractivity contribution in [3.8, 4) is 0 Å². The number of nitrogens with zero attached hydrogens (tertiary/aromatic N) is 2. The lowest BCUT2D eigenvalue weighted by atomic mass is 10.1. The van der Waals surface area contributed by atoms with Gasteiger partial charge in [-0.2, -0.15) is 0 Å². The van der Waals surface area contributed by atoms with E-state index in [-0.39, 0.29) is 30.1 Å². The van der Waals surface area contributed by atoms with Crippen LogP contribution in [-0.4, -0.2) is 15.3 Å². The standard InChI is InChI=1S/C14H12FIN2O2/c1-9-13(16)14(20)18(8-17-9)7-12(19)6-10-2-4-11(15)5-3-10/h2-5,8H,6-7H2,1H3. The van der Waals surface area contributed by atoms with Gasteiger partial charge < -0.3 is 0 Å². The lowest BCUT2D eigenvalue weighted by molar-refractivity contribution is -0.119. The molecule has 0 fully saturated rings. The summed E-state index contributed by atoms with van der Waals surface area (Å²) in [7, 11) is 0. The molecule has 0 saturated carbocycles. The number of hydrogen-bond acceptors (Lipinski definition) is 3. The number of halogens is 2. The van der Waals surface area contributed by atoms with Crippen molar-refractivity contribution in [2.45, 2.75) is 19.9 Å². The van der Waals surface area contributed by atoms with Gasteiger partial charge in [-0.3, -0.25) is 14.2 Å². The third-order valence-corrected chi connectivity index (χ3v) is 4.06. The molecule has 4 nitrogen and oxygen atoms in total. The number of hydrogen-bond donors (Lipinski definition) is 0. The summed E-state index contributed by atoms with van der Waals surface area (Å²) in [5.74, 6) is -0.463. The largest absolute Gasteiger partial charge is 0.297 e. The highest BCUT2D eigenvalue weighted by Crippen LogP contribution is 2.05. The molecule has 0 spiro atoms. The molecule has 1 heterocycles. The second-order valence-electron chi connectivity index (χ2n) is 4.42. The fourth-order valence-corrected chi connectivity index (χ4v) is 2.18. The Morgan fingerprint density at radius 1 is 1.35 bits per heavy atom. The lowest BCUT2D eigenvalue weighted by Crippen LogP contribution is -2.27. The van der Waals surface area contributed by atoms with Crippen LogP contribution in [0.5, 0.6) is 0 Å². The van der Waals surface area contributed by atoms with Crippen LogP contribution in [-0.2, 0) is 17.8 Å². The normalized spacial score (nSPS) is 10.6. The summed E-state index contributed by atoms with van der Waals surface area (Å²) >= 11 is 1.92. The van der Waals surface area contributed by atoms with E-state index in [1.165, 1.54) is 23.0 Å². The van der Waals surface area contributed by atoms with Gasteiger partial charge in [0, 0.05) is 6.42 Å². The fraction of sp³-hybridized carbons (Fsp3) is 0.214. The summed E-state index contributed by atoms with van der Waals surface area (Å²) in [6, 6.07) is 5.75. The minimum absolute atomic E-state index is 0.0283. The van der Waals surface area contributed by atoms with Crippen molar-refractivity contribution in [3.63, 3.8) is 0 Å². The Labute approximate surface area is 128 Å². The van der Waals surface area contributed by atoms with Gasteiger partial charge in [0.1, 0.15) is 5.82 Å². The van der Waals surface area contributed by atoms with Gasteiger partial charge in [0.15, 0.2) is 5.78 Å². The molecule has 1 aromatic heterocycles. The molecule has 6 heteroatoms. The molecule has 2 aromatic rings. The monoisotopic (exact) mass is 386 g/mol. The minimum atomic E-state index is -0.338. The van der Waals surface area contributed by atoms with E-state index < -0.39 is 0 Å². The Morgan fingerprint density at radius 2 is 2.00 bits per heavy atom. The Hall–Kier alpha value is -1.57. The van der Waals surface area contributed by atoms with E-state index in [0.29, 0.717) is 9.26 Å². The Morgan fingerprint density at radius 3 is 2.65 bits per heavy atom. The SMILES string of the molecule is Cc1ncn(CC(=O)Cc2ccc(F)cc2)c(=O)c1I. The number of carbonyl (C=O) groups is 1. The van der Waals surface area contributed by atoms with E-state index in [4.69, 9.17) is 0 Å². The molecular weight excluding hydrogens is 374 g/mol. The Balaban J connectivity index is 2.11. The number of rotatable bonds is 4. The summed E-state index contributed by atoms with van der Waals surface area (Å²) in [5.41, 5.74) is 1.16. The minimum Gasteiger partial charge on any atom is -0.297 e. The molecule has 0 aliphatic rings. The first-order valence-corrected chi connectivity index (χ1v) is 7.03. The van der Waals surface area contributed by atoms with E-state index in [1.807, 2.05) is 22.6 Å². The van der Waals surface area contributed by atoms with Gasteiger partial charge >= 0.3 is 0 Å². The van der Waals surface area contributed by atoms with Crippen LogP contribution in [0.2, 0.25) is 0 Å². The molecule has 104 valence electrons. The van der Waals surface area contributed by atoms with Crippen LogP contribution >= 0.6 is 22.6 Å². The molecule has 1 aromatic carbocycles. The van der Waals surface area contributed by atoms with Gasteiger partial charge in [-0.15, -0.1) is 0 Å². The zero-order chi connectivity index (χ0) is 14.7.